The Morgan fingerprint density at radius 3 is 3.06 bits per heavy atom. The number of benzene rings is 1. The Hall–Kier alpha value is -1.77. The number of anilines is 1. The lowest BCUT2D eigenvalue weighted by molar-refractivity contribution is 0.753. The van der Waals surface area contributed by atoms with Crippen LogP contribution >= 0.6 is 0 Å². The number of aryl methyl sites for hydroxylation is 2. The van der Waals surface area contributed by atoms with Gasteiger partial charge in [-0.2, -0.15) is 0 Å². The van der Waals surface area contributed by atoms with Crippen molar-refractivity contribution in [2.24, 2.45) is 0 Å². The second-order valence-corrected chi connectivity index (χ2v) is 4.35. The van der Waals surface area contributed by atoms with Crippen molar-refractivity contribution in [3.05, 3.63) is 47.3 Å². The lowest BCUT2D eigenvalue weighted by Gasteiger charge is -2.12. The summed E-state index contributed by atoms with van der Waals surface area (Å²) in [5.74, 6) is 0.874. The first-order valence-corrected chi connectivity index (χ1v) is 5.69. The third kappa shape index (κ3) is 1.58. The summed E-state index contributed by atoms with van der Waals surface area (Å²) in [6, 6.07) is 9.03. The molecule has 0 fully saturated rings. The van der Waals surface area contributed by atoms with E-state index >= 15 is 0 Å². The molecule has 0 saturated heterocycles. The van der Waals surface area contributed by atoms with E-state index in [1.807, 2.05) is 13.1 Å². The molecule has 2 aromatic rings. The summed E-state index contributed by atoms with van der Waals surface area (Å²) in [5.41, 5.74) is 3.97. The van der Waals surface area contributed by atoms with E-state index in [1.165, 1.54) is 11.1 Å². The van der Waals surface area contributed by atoms with Crippen molar-refractivity contribution < 1.29 is 0 Å². The predicted octanol–water partition coefficient (Wildman–Crippen LogP) is 2.82. The Kier molecular flexibility index (Phi) is 2.17. The average molecular weight is 213 g/mol. The fraction of sp³-hybridized carbons (Fsp3) is 0.308. The highest BCUT2D eigenvalue weighted by Crippen LogP contribution is 2.32. The number of hydrogen-bond donors (Lipinski definition) is 2. The molecular formula is C13H15N3. The second-order valence-electron chi connectivity index (χ2n) is 4.35. The van der Waals surface area contributed by atoms with Crippen LogP contribution in [0.15, 0.2) is 30.5 Å². The van der Waals surface area contributed by atoms with E-state index in [0.717, 1.165) is 24.5 Å². The van der Waals surface area contributed by atoms with Crippen LogP contribution in [0, 0.1) is 6.92 Å². The van der Waals surface area contributed by atoms with Gasteiger partial charge in [0.25, 0.3) is 0 Å². The Morgan fingerprint density at radius 1 is 1.38 bits per heavy atom. The van der Waals surface area contributed by atoms with Crippen LogP contribution in [0.1, 0.15) is 29.3 Å². The molecule has 1 aromatic heterocycles. The minimum atomic E-state index is 0.404. The van der Waals surface area contributed by atoms with Gasteiger partial charge < -0.3 is 10.3 Å². The van der Waals surface area contributed by atoms with E-state index in [2.05, 4.69) is 39.6 Å². The van der Waals surface area contributed by atoms with E-state index in [0.29, 0.717) is 6.04 Å². The number of aromatic nitrogens is 2. The summed E-state index contributed by atoms with van der Waals surface area (Å²) in [5, 5.41) is 3.45. The van der Waals surface area contributed by atoms with Crippen LogP contribution in [0.5, 0.6) is 0 Å². The highest BCUT2D eigenvalue weighted by atomic mass is 15.1. The molecule has 3 heteroatoms. The normalized spacial score (nSPS) is 18.4. The van der Waals surface area contributed by atoms with Crippen LogP contribution in [0.3, 0.4) is 0 Å². The first-order valence-electron chi connectivity index (χ1n) is 5.69. The zero-order valence-electron chi connectivity index (χ0n) is 9.33. The molecule has 2 N–H and O–H groups in total. The fourth-order valence-electron chi connectivity index (χ4n) is 2.36. The average Bonchev–Trinajstić information content (AvgIpc) is 2.87. The van der Waals surface area contributed by atoms with Crippen LogP contribution in [0.2, 0.25) is 0 Å². The zero-order chi connectivity index (χ0) is 11.0. The summed E-state index contributed by atoms with van der Waals surface area (Å²) in [6.45, 7) is 2.01. The first-order chi connectivity index (χ1) is 7.83. The second kappa shape index (κ2) is 3.67. The summed E-state index contributed by atoms with van der Waals surface area (Å²) in [7, 11) is 0. The first kappa shape index (κ1) is 9.46. The SMILES string of the molecule is Cc1cnc(NC2CCc3ccccc32)[nH]1. The molecule has 0 saturated carbocycles. The van der Waals surface area contributed by atoms with Crippen molar-refractivity contribution in [3.63, 3.8) is 0 Å². The van der Waals surface area contributed by atoms with Gasteiger partial charge in [0.05, 0.1) is 6.04 Å². The molecule has 1 heterocycles. The Labute approximate surface area is 94.9 Å². The number of aromatic amines is 1. The van der Waals surface area contributed by atoms with Gasteiger partial charge in [-0.1, -0.05) is 24.3 Å². The molecule has 1 unspecified atom stereocenters. The molecule has 0 radical (unpaired) electrons. The highest BCUT2D eigenvalue weighted by molar-refractivity contribution is 5.40. The zero-order valence-corrected chi connectivity index (χ0v) is 9.33. The molecule has 82 valence electrons. The number of nitrogens with zero attached hydrogens (tertiary/aromatic N) is 1. The number of hydrogen-bond acceptors (Lipinski definition) is 2. The molecule has 0 bridgehead atoms. The summed E-state index contributed by atoms with van der Waals surface area (Å²) >= 11 is 0. The van der Waals surface area contributed by atoms with E-state index in [1.54, 1.807) is 0 Å². The number of nitrogens with one attached hydrogen (secondary N) is 2. The van der Waals surface area contributed by atoms with Gasteiger partial charge in [0.15, 0.2) is 0 Å². The lowest BCUT2D eigenvalue weighted by atomic mass is 10.1. The summed E-state index contributed by atoms with van der Waals surface area (Å²) in [6.07, 6.45) is 4.16. The minimum Gasteiger partial charge on any atom is -0.349 e. The van der Waals surface area contributed by atoms with Gasteiger partial charge >= 0.3 is 0 Å². The van der Waals surface area contributed by atoms with Crippen molar-refractivity contribution in [1.82, 2.24) is 9.97 Å². The quantitative estimate of drug-likeness (QED) is 0.805. The molecule has 0 aliphatic heterocycles. The summed E-state index contributed by atoms with van der Waals surface area (Å²) < 4.78 is 0. The van der Waals surface area contributed by atoms with Gasteiger partial charge in [-0.15, -0.1) is 0 Å². The van der Waals surface area contributed by atoms with Gasteiger partial charge in [-0.3, -0.25) is 0 Å². The maximum Gasteiger partial charge on any atom is 0.200 e. The number of H-pyrrole nitrogens is 1. The Bertz CT molecular complexity index is 501. The maximum atomic E-state index is 4.29. The Balaban J connectivity index is 1.83. The molecule has 1 atom stereocenters. The minimum absolute atomic E-state index is 0.404. The smallest absolute Gasteiger partial charge is 0.200 e. The molecule has 0 spiro atoms. The predicted molar refractivity (Wildman–Crippen MR) is 64.5 cm³/mol. The van der Waals surface area contributed by atoms with Crippen LogP contribution in [-0.2, 0) is 6.42 Å². The molecule has 1 aliphatic carbocycles. The van der Waals surface area contributed by atoms with Gasteiger partial charge in [0.2, 0.25) is 5.95 Å². The molecular weight excluding hydrogens is 198 g/mol. The highest BCUT2D eigenvalue weighted by Gasteiger charge is 2.22. The van der Waals surface area contributed by atoms with Gasteiger partial charge in [-0.05, 0) is 30.9 Å². The number of imidazole rings is 1. The third-order valence-electron chi connectivity index (χ3n) is 3.15. The molecule has 0 amide bonds. The Morgan fingerprint density at radius 2 is 2.25 bits per heavy atom. The number of fused-ring (bicyclic) bond motifs is 1. The molecule has 3 rings (SSSR count). The largest absolute Gasteiger partial charge is 0.349 e. The molecule has 3 nitrogen and oxygen atoms in total. The summed E-state index contributed by atoms with van der Waals surface area (Å²) in [4.78, 5) is 7.50. The fourth-order valence-corrected chi connectivity index (χ4v) is 2.36. The van der Waals surface area contributed by atoms with Crippen LogP contribution in [0.25, 0.3) is 0 Å². The van der Waals surface area contributed by atoms with Gasteiger partial charge in [0, 0.05) is 11.9 Å². The lowest BCUT2D eigenvalue weighted by Crippen LogP contribution is -2.08. The molecule has 1 aromatic carbocycles. The van der Waals surface area contributed by atoms with Crippen molar-refractivity contribution in [2.45, 2.75) is 25.8 Å². The van der Waals surface area contributed by atoms with E-state index in [9.17, 15) is 0 Å². The standard InChI is InChI=1S/C13H15N3/c1-9-8-14-13(15-9)16-12-7-6-10-4-2-3-5-11(10)12/h2-5,8,12H,6-7H2,1H3,(H2,14,15,16). The van der Waals surface area contributed by atoms with Crippen molar-refractivity contribution >= 4 is 5.95 Å². The van der Waals surface area contributed by atoms with Crippen molar-refractivity contribution in [2.75, 3.05) is 5.32 Å². The topological polar surface area (TPSA) is 40.7 Å². The van der Waals surface area contributed by atoms with Crippen molar-refractivity contribution in [3.8, 4) is 0 Å². The van der Waals surface area contributed by atoms with E-state index < -0.39 is 0 Å². The van der Waals surface area contributed by atoms with Gasteiger partial charge in [0.1, 0.15) is 0 Å². The molecule has 1 aliphatic rings. The van der Waals surface area contributed by atoms with Crippen LogP contribution in [-0.4, -0.2) is 9.97 Å². The monoisotopic (exact) mass is 213 g/mol. The van der Waals surface area contributed by atoms with Crippen LogP contribution < -0.4 is 5.32 Å². The number of rotatable bonds is 2. The van der Waals surface area contributed by atoms with Crippen LogP contribution in [0.4, 0.5) is 5.95 Å². The van der Waals surface area contributed by atoms with E-state index in [-0.39, 0.29) is 0 Å². The molecule has 16 heavy (non-hydrogen) atoms. The maximum absolute atomic E-state index is 4.29. The van der Waals surface area contributed by atoms with Crippen molar-refractivity contribution in [1.29, 1.82) is 0 Å². The van der Waals surface area contributed by atoms with Gasteiger partial charge in [-0.25, -0.2) is 4.98 Å². The van der Waals surface area contributed by atoms with E-state index in [4.69, 9.17) is 0 Å². The third-order valence-corrected chi connectivity index (χ3v) is 3.15.